The Bertz CT molecular complexity index is 862. The first-order chi connectivity index (χ1) is 11.9. The fourth-order valence-electron chi connectivity index (χ4n) is 3.35. The van der Waals surface area contributed by atoms with Gasteiger partial charge in [-0.3, -0.25) is 0 Å². The van der Waals surface area contributed by atoms with Crippen LogP contribution < -0.4 is 9.80 Å². The Kier molecular flexibility index (Phi) is 3.11. The van der Waals surface area contributed by atoms with E-state index in [0.717, 1.165) is 43.5 Å². The normalized spacial score (nSPS) is 18.3. The molecule has 5 rings (SSSR count). The van der Waals surface area contributed by atoms with E-state index in [-0.39, 0.29) is 0 Å². The first kappa shape index (κ1) is 13.7. The van der Waals surface area contributed by atoms with Gasteiger partial charge in [-0.05, 0) is 12.8 Å². The van der Waals surface area contributed by atoms with Crippen molar-refractivity contribution in [3.8, 4) is 0 Å². The minimum atomic E-state index is 0.662. The summed E-state index contributed by atoms with van der Waals surface area (Å²) in [4.78, 5) is 22.5. The second-order valence-electron chi connectivity index (χ2n) is 6.46. The smallest absolute Gasteiger partial charge is 0.180 e. The Balaban J connectivity index is 1.34. The van der Waals surface area contributed by atoms with Crippen LogP contribution in [0.5, 0.6) is 0 Å². The van der Waals surface area contributed by atoms with Crippen LogP contribution in [0.1, 0.15) is 24.5 Å². The molecule has 0 unspecified atom stereocenters. The van der Waals surface area contributed by atoms with E-state index in [1.165, 1.54) is 18.5 Å². The Hall–Kier alpha value is -2.70. The summed E-state index contributed by atoms with van der Waals surface area (Å²) in [5.74, 6) is 2.68. The van der Waals surface area contributed by atoms with E-state index in [4.69, 9.17) is 0 Å². The van der Waals surface area contributed by atoms with Crippen LogP contribution in [0.3, 0.4) is 0 Å². The molecule has 2 fully saturated rings. The molecule has 1 saturated heterocycles. The van der Waals surface area contributed by atoms with Crippen molar-refractivity contribution in [3.63, 3.8) is 0 Å². The summed E-state index contributed by atoms with van der Waals surface area (Å²) in [7, 11) is 0. The van der Waals surface area contributed by atoms with E-state index >= 15 is 0 Å². The van der Waals surface area contributed by atoms with Gasteiger partial charge in [-0.2, -0.15) is 0 Å². The number of hydrogen-bond acceptors (Lipinski definition) is 6. The van der Waals surface area contributed by atoms with Crippen LogP contribution in [0.15, 0.2) is 37.2 Å². The van der Waals surface area contributed by atoms with Gasteiger partial charge in [0.05, 0.1) is 0 Å². The molecule has 0 amide bonds. The number of fused-ring (bicyclic) bond motifs is 1. The van der Waals surface area contributed by atoms with Gasteiger partial charge in [-0.25, -0.2) is 19.9 Å². The topological polar surface area (TPSA) is 62.5 Å². The van der Waals surface area contributed by atoms with E-state index in [1.807, 2.05) is 29.2 Å². The van der Waals surface area contributed by atoms with Gasteiger partial charge < -0.3 is 14.2 Å². The highest BCUT2D eigenvalue weighted by molar-refractivity contribution is 5.64. The molecule has 7 heteroatoms. The molecule has 0 spiro atoms. The van der Waals surface area contributed by atoms with E-state index in [1.54, 1.807) is 6.33 Å². The molecule has 3 aromatic rings. The monoisotopic (exact) mass is 321 g/mol. The van der Waals surface area contributed by atoms with Gasteiger partial charge in [0, 0.05) is 68.6 Å². The first-order valence-electron chi connectivity index (χ1n) is 8.48. The van der Waals surface area contributed by atoms with Gasteiger partial charge in [0.1, 0.15) is 12.1 Å². The summed E-state index contributed by atoms with van der Waals surface area (Å²) in [5.41, 5.74) is 2.12. The average Bonchev–Trinajstić information content (AvgIpc) is 3.39. The summed E-state index contributed by atoms with van der Waals surface area (Å²) < 4.78 is 2.01. The predicted octanol–water partition coefficient (Wildman–Crippen LogP) is 1.72. The number of anilines is 2. The number of aromatic nitrogens is 5. The molecule has 0 radical (unpaired) electrons. The van der Waals surface area contributed by atoms with Gasteiger partial charge in [0.2, 0.25) is 0 Å². The van der Waals surface area contributed by atoms with Crippen molar-refractivity contribution in [1.29, 1.82) is 0 Å². The van der Waals surface area contributed by atoms with E-state index < -0.39 is 0 Å². The molecule has 0 aromatic carbocycles. The molecule has 0 atom stereocenters. The van der Waals surface area contributed by atoms with Crippen LogP contribution in [0.2, 0.25) is 0 Å². The lowest BCUT2D eigenvalue weighted by molar-refractivity contribution is 0.640. The third-order valence-electron chi connectivity index (χ3n) is 4.87. The summed E-state index contributed by atoms with van der Waals surface area (Å²) in [6, 6.07) is 2.17. The lowest BCUT2D eigenvalue weighted by atomic mass is 10.2. The largest absolute Gasteiger partial charge is 0.353 e. The molecule has 0 N–H and O–H groups in total. The Morgan fingerprint density at radius 1 is 0.833 bits per heavy atom. The highest BCUT2D eigenvalue weighted by Crippen LogP contribution is 2.39. The van der Waals surface area contributed by atoms with E-state index in [9.17, 15) is 0 Å². The van der Waals surface area contributed by atoms with Gasteiger partial charge >= 0.3 is 0 Å². The molecule has 1 saturated carbocycles. The van der Waals surface area contributed by atoms with Crippen LogP contribution in [-0.4, -0.2) is 50.5 Å². The molecular weight excluding hydrogens is 302 g/mol. The molecule has 1 aliphatic heterocycles. The summed E-state index contributed by atoms with van der Waals surface area (Å²) in [5, 5.41) is 0. The first-order valence-corrected chi connectivity index (χ1v) is 8.48. The summed E-state index contributed by atoms with van der Waals surface area (Å²) >= 11 is 0. The lowest BCUT2D eigenvalue weighted by Crippen LogP contribution is -2.47. The maximum absolute atomic E-state index is 4.54. The average molecular weight is 321 g/mol. The molecule has 122 valence electrons. The van der Waals surface area contributed by atoms with Gasteiger partial charge in [0.15, 0.2) is 11.5 Å². The number of imidazole rings is 1. The van der Waals surface area contributed by atoms with Crippen LogP contribution >= 0.6 is 0 Å². The van der Waals surface area contributed by atoms with Gasteiger partial charge in [-0.1, -0.05) is 0 Å². The molecule has 3 aromatic heterocycles. The van der Waals surface area contributed by atoms with E-state index in [0.29, 0.717) is 5.92 Å². The third-order valence-corrected chi connectivity index (χ3v) is 4.87. The number of hydrogen-bond donors (Lipinski definition) is 0. The summed E-state index contributed by atoms with van der Waals surface area (Å²) in [6.45, 7) is 3.71. The highest BCUT2D eigenvalue weighted by atomic mass is 15.3. The van der Waals surface area contributed by atoms with Gasteiger partial charge in [0.25, 0.3) is 0 Å². The SMILES string of the molecule is c1nc(C2CC2)cc(N2CCN(c3nccn4ccnc34)CC2)n1. The Morgan fingerprint density at radius 3 is 2.38 bits per heavy atom. The summed E-state index contributed by atoms with van der Waals surface area (Å²) in [6.07, 6.45) is 11.8. The number of nitrogens with zero attached hydrogens (tertiary/aromatic N) is 7. The predicted molar refractivity (Wildman–Crippen MR) is 91.4 cm³/mol. The number of piperazine rings is 1. The van der Waals surface area contributed by atoms with Gasteiger partial charge in [-0.15, -0.1) is 0 Å². The van der Waals surface area contributed by atoms with Crippen molar-refractivity contribution >= 4 is 17.3 Å². The van der Waals surface area contributed by atoms with Crippen molar-refractivity contribution in [2.75, 3.05) is 36.0 Å². The minimum absolute atomic E-state index is 0.662. The van der Waals surface area contributed by atoms with Crippen molar-refractivity contribution in [1.82, 2.24) is 24.3 Å². The van der Waals surface area contributed by atoms with Crippen molar-refractivity contribution in [2.45, 2.75) is 18.8 Å². The van der Waals surface area contributed by atoms with Crippen LogP contribution in [0.25, 0.3) is 5.65 Å². The molecule has 2 aliphatic rings. The zero-order chi connectivity index (χ0) is 15.9. The van der Waals surface area contributed by atoms with Crippen LogP contribution in [0, 0.1) is 0 Å². The van der Waals surface area contributed by atoms with Crippen molar-refractivity contribution < 1.29 is 0 Å². The molecule has 4 heterocycles. The highest BCUT2D eigenvalue weighted by Gasteiger charge is 2.27. The quantitative estimate of drug-likeness (QED) is 0.732. The maximum atomic E-state index is 4.54. The third kappa shape index (κ3) is 2.36. The fraction of sp³-hybridized carbons (Fsp3) is 0.412. The van der Waals surface area contributed by atoms with E-state index in [2.05, 4.69) is 35.8 Å². The minimum Gasteiger partial charge on any atom is -0.353 e. The molecule has 7 nitrogen and oxygen atoms in total. The molecule has 0 bridgehead atoms. The Labute approximate surface area is 140 Å². The Morgan fingerprint density at radius 2 is 1.58 bits per heavy atom. The van der Waals surface area contributed by atoms with Crippen LogP contribution in [0.4, 0.5) is 11.6 Å². The number of rotatable bonds is 3. The molecular formula is C17H19N7. The molecule has 24 heavy (non-hydrogen) atoms. The second-order valence-corrected chi connectivity index (χ2v) is 6.46. The lowest BCUT2D eigenvalue weighted by Gasteiger charge is -2.36. The fourth-order valence-corrected chi connectivity index (χ4v) is 3.35. The second kappa shape index (κ2) is 5.43. The van der Waals surface area contributed by atoms with Crippen LogP contribution in [-0.2, 0) is 0 Å². The van der Waals surface area contributed by atoms with Crippen molar-refractivity contribution in [3.05, 3.63) is 42.9 Å². The zero-order valence-electron chi connectivity index (χ0n) is 13.4. The zero-order valence-corrected chi connectivity index (χ0v) is 13.4. The van der Waals surface area contributed by atoms with Crippen molar-refractivity contribution in [2.24, 2.45) is 0 Å². The maximum Gasteiger partial charge on any atom is 0.180 e. The molecule has 1 aliphatic carbocycles. The standard InChI is InChI=1S/C17H19N7/c1-2-13(1)14-11-15(21-12-20-14)22-7-9-24(10-8-22)17-16-18-3-5-23(16)6-4-19-17/h3-6,11-13H,1-2,7-10H2.